The Hall–Kier alpha value is -1.81. The van der Waals surface area contributed by atoms with E-state index in [1.807, 2.05) is 30.3 Å². The Morgan fingerprint density at radius 3 is 2.65 bits per heavy atom. The topological polar surface area (TPSA) is 44.6 Å². The van der Waals surface area contributed by atoms with Crippen LogP contribution in [0.25, 0.3) is 0 Å². The largest absolute Gasteiger partial charge is 0.508 e. The molecule has 2 rings (SSSR count). The summed E-state index contributed by atoms with van der Waals surface area (Å²) >= 11 is 3.39. The lowest BCUT2D eigenvalue weighted by molar-refractivity contribution is 0.475. The first-order chi connectivity index (χ1) is 8.25. The normalized spacial score (nSPS) is 10.6. The van der Waals surface area contributed by atoms with Crippen molar-refractivity contribution in [3.63, 3.8) is 0 Å². The van der Waals surface area contributed by atoms with E-state index in [0.29, 0.717) is 0 Å². The molecule has 2 aromatic carbocycles. The monoisotopic (exact) mass is 290 g/mol. The molecule has 3 nitrogen and oxygen atoms in total. The molecule has 0 saturated carbocycles. The molecule has 2 aromatic rings. The van der Waals surface area contributed by atoms with Gasteiger partial charge in [0.25, 0.3) is 0 Å². The van der Waals surface area contributed by atoms with Gasteiger partial charge in [-0.05, 0) is 30.3 Å². The second-order valence-corrected chi connectivity index (χ2v) is 4.30. The number of nitrogens with one attached hydrogen (secondary N) is 1. The van der Waals surface area contributed by atoms with Crippen LogP contribution in [0, 0.1) is 0 Å². The van der Waals surface area contributed by atoms with Crippen LogP contribution in [0.3, 0.4) is 0 Å². The number of hydrazone groups is 1. The van der Waals surface area contributed by atoms with Gasteiger partial charge in [-0.1, -0.05) is 34.1 Å². The first kappa shape index (κ1) is 11.7. The van der Waals surface area contributed by atoms with Crippen molar-refractivity contribution in [2.45, 2.75) is 0 Å². The SMILES string of the molecule is Oc1ccc(Br)c(C=NNc2ccccc2)c1. The van der Waals surface area contributed by atoms with Gasteiger partial charge >= 0.3 is 0 Å². The Morgan fingerprint density at radius 1 is 1.12 bits per heavy atom. The molecule has 0 aliphatic heterocycles. The third-order valence-electron chi connectivity index (χ3n) is 2.15. The zero-order chi connectivity index (χ0) is 12.1. The van der Waals surface area contributed by atoms with E-state index in [1.54, 1.807) is 24.4 Å². The van der Waals surface area contributed by atoms with E-state index in [9.17, 15) is 5.11 Å². The third-order valence-corrected chi connectivity index (χ3v) is 2.87. The molecule has 86 valence electrons. The standard InChI is InChI=1S/C13H11BrN2O/c14-13-7-6-12(17)8-10(13)9-15-16-11-4-2-1-3-5-11/h1-9,16-17H. The molecule has 0 bridgehead atoms. The van der Waals surface area contributed by atoms with Crippen LogP contribution in [0.4, 0.5) is 5.69 Å². The second-order valence-electron chi connectivity index (χ2n) is 3.44. The fourth-order valence-corrected chi connectivity index (χ4v) is 1.67. The predicted molar refractivity (Wildman–Crippen MR) is 73.5 cm³/mol. The summed E-state index contributed by atoms with van der Waals surface area (Å²) in [5.74, 6) is 0.217. The van der Waals surface area contributed by atoms with Crippen LogP contribution in [0.2, 0.25) is 0 Å². The van der Waals surface area contributed by atoms with Crippen LogP contribution in [-0.2, 0) is 0 Å². The minimum atomic E-state index is 0.217. The highest BCUT2D eigenvalue weighted by Gasteiger charge is 1.97. The molecule has 0 saturated heterocycles. The highest BCUT2D eigenvalue weighted by atomic mass is 79.9. The number of phenols is 1. The zero-order valence-corrected chi connectivity index (χ0v) is 10.6. The molecular formula is C13H11BrN2O. The molecule has 0 atom stereocenters. The molecule has 0 aliphatic rings. The average Bonchev–Trinajstić information content (AvgIpc) is 2.35. The van der Waals surface area contributed by atoms with Crippen LogP contribution >= 0.6 is 15.9 Å². The van der Waals surface area contributed by atoms with Crippen molar-refractivity contribution in [1.29, 1.82) is 0 Å². The van der Waals surface area contributed by atoms with E-state index in [0.717, 1.165) is 15.7 Å². The predicted octanol–water partition coefficient (Wildman–Crippen LogP) is 3.60. The second kappa shape index (κ2) is 5.50. The van der Waals surface area contributed by atoms with Crippen LogP contribution < -0.4 is 5.43 Å². The van der Waals surface area contributed by atoms with Crippen LogP contribution in [0.5, 0.6) is 5.75 Å². The molecule has 0 aliphatic carbocycles. The van der Waals surface area contributed by atoms with Gasteiger partial charge in [0.2, 0.25) is 0 Å². The highest BCUT2D eigenvalue weighted by Crippen LogP contribution is 2.20. The van der Waals surface area contributed by atoms with E-state index in [2.05, 4.69) is 26.5 Å². The number of hydrogen-bond acceptors (Lipinski definition) is 3. The Kier molecular flexibility index (Phi) is 3.77. The van der Waals surface area contributed by atoms with Crippen molar-refractivity contribution in [2.75, 3.05) is 5.43 Å². The molecule has 0 unspecified atom stereocenters. The van der Waals surface area contributed by atoms with E-state index in [-0.39, 0.29) is 5.75 Å². The summed E-state index contributed by atoms with van der Waals surface area (Å²) < 4.78 is 0.883. The Balaban J connectivity index is 2.08. The number of anilines is 1. The van der Waals surface area contributed by atoms with Gasteiger partial charge in [-0.25, -0.2) is 0 Å². The number of halogens is 1. The van der Waals surface area contributed by atoms with Gasteiger partial charge in [0.15, 0.2) is 0 Å². The summed E-state index contributed by atoms with van der Waals surface area (Å²) in [6, 6.07) is 14.7. The Labute approximate surface area is 108 Å². The minimum Gasteiger partial charge on any atom is -0.508 e. The molecule has 0 amide bonds. The summed E-state index contributed by atoms with van der Waals surface area (Å²) in [4.78, 5) is 0. The number of benzene rings is 2. The average molecular weight is 291 g/mol. The van der Waals surface area contributed by atoms with E-state index >= 15 is 0 Å². The summed E-state index contributed by atoms with van der Waals surface area (Å²) in [5.41, 5.74) is 4.64. The number of phenolic OH excluding ortho intramolecular Hbond substituents is 1. The molecule has 0 spiro atoms. The van der Waals surface area contributed by atoms with E-state index in [1.165, 1.54) is 0 Å². The molecule has 0 heterocycles. The van der Waals surface area contributed by atoms with Gasteiger partial charge in [-0.3, -0.25) is 5.43 Å². The van der Waals surface area contributed by atoms with Crippen molar-refractivity contribution in [2.24, 2.45) is 5.10 Å². The number of aromatic hydroxyl groups is 1. The minimum absolute atomic E-state index is 0.217. The maximum Gasteiger partial charge on any atom is 0.116 e. The quantitative estimate of drug-likeness (QED) is 0.670. The first-order valence-electron chi connectivity index (χ1n) is 5.08. The smallest absolute Gasteiger partial charge is 0.116 e. The lowest BCUT2D eigenvalue weighted by atomic mass is 10.2. The van der Waals surface area contributed by atoms with Gasteiger partial charge < -0.3 is 5.11 Å². The number of para-hydroxylation sites is 1. The summed E-state index contributed by atoms with van der Waals surface area (Å²) in [5, 5.41) is 13.4. The Morgan fingerprint density at radius 2 is 1.88 bits per heavy atom. The molecular weight excluding hydrogens is 280 g/mol. The summed E-state index contributed by atoms with van der Waals surface area (Å²) in [7, 11) is 0. The van der Waals surface area contributed by atoms with Crippen LogP contribution in [-0.4, -0.2) is 11.3 Å². The van der Waals surface area contributed by atoms with Crippen LogP contribution in [0.15, 0.2) is 58.1 Å². The van der Waals surface area contributed by atoms with E-state index in [4.69, 9.17) is 0 Å². The maximum atomic E-state index is 9.35. The molecule has 0 fully saturated rings. The fourth-order valence-electron chi connectivity index (χ4n) is 1.32. The number of nitrogens with zero attached hydrogens (tertiary/aromatic N) is 1. The molecule has 4 heteroatoms. The highest BCUT2D eigenvalue weighted by molar-refractivity contribution is 9.10. The van der Waals surface area contributed by atoms with Gasteiger partial charge in [0, 0.05) is 10.0 Å². The van der Waals surface area contributed by atoms with Crippen molar-refractivity contribution >= 4 is 27.8 Å². The third kappa shape index (κ3) is 3.32. The maximum absolute atomic E-state index is 9.35. The molecule has 0 aromatic heterocycles. The van der Waals surface area contributed by atoms with Crippen molar-refractivity contribution < 1.29 is 5.11 Å². The number of hydrogen-bond donors (Lipinski definition) is 2. The Bertz CT molecular complexity index is 526. The van der Waals surface area contributed by atoms with Gasteiger partial charge in [0.05, 0.1) is 11.9 Å². The van der Waals surface area contributed by atoms with Crippen molar-refractivity contribution in [1.82, 2.24) is 0 Å². The van der Waals surface area contributed by atoms with Gasteiger partial charge in [-0.2, -0.15) is 5.10 Å². The number of rotatable bonds is 3. The van der Waals surface area contributed by atoms with Gasteiger partial charge in [-0.15, -0.1) is 0 Å². The lowest BCUT2D eigenvalue weighted by Gasteiger charge is -2.00. The van der Waals surface area contributed by atoms with Crippen molar-refractivity contribution in [3.8, 4) is 5.75 Å². The lowest BCUT2D eigenvalue weighted by Crippen LogP contribution is -1.90. The van der Waals surface area contributed by atoms with E-state index < -0.39 is 0 Å². The zero-order valence-electron chi connectivity index (χ0n) is 8.97. The summed E-state index contributed by atoms with van der Waals surface area (Å²) in [6.45, 7) is 0. The fraction of sp³-hybridized carbons (Fsp3) is 0. The molecule has 17 heavy (non-hydrogen) atoms. The first-order valence-corrected chi connectivity index (χ1v) is 5.87. The molecule has 2 N–H and O–H groups in total. The summed E-state index contributed by atoms with van der Waals surface area (Å²) in [6.07, 6.45) is 1.65. The van der Waals surface area contributed by atoms with Gasteiger partial charge in [0.1, 0.15) is 5.75 Å². The van der Waals surface area contributed by atoms with Crippen molar-refractivity contribution in [3.05, 3.63) is 58.6 Å². The molecule has 0 radical (unpaired) electrons. The van der Waals surface area contributed by atoms with Crippen LogP contribution in [0.1, 0.15) is 5.56 Å².